The Morgan fingerprint density at radius 2 is 1.77 bits per heavy atom. The molecule has 0 saturated carbocycles. The number of amides is 2. The number of carbonyl (C=O) groups excluding carboxylic acids is 2. The predicted octanol–water partition coefficient (Wildman–Crippen LogP) is 3.81. The molecule has 174 valence electrons. The summed E-state index contributed by atoms with van der Waals surface area (Å²) in [5, 5.41) is 2.82. The molecule has 0 bridgehead atoms. The fraction of sp³-hybridized carbons (Fsp3) is 0.545. The highest BCUT2D eigenvalue weighted by Crippen LogP contribution is 2.26. The Hall–Kier alpha value is -2.55. The summed E-state index contributed by atoms with van der Waals surface area (Å²) in [7, 11) is 1.43. The Labute approximate surface area is 181 Å². The topological polar surface area (TPSA) is 84.7 Å². The van der Waals surface area contributed by atoms with Crippen LogP contribution >= 0.6 is 0 Å². The molecule has 0 aromatic heterocycles. The van der Waals surface area contributed by atoms with E-state index in [0.29, 0.717) is 23.5 Å². The van der Waals surface area contributed by atoms with Crippen molar-refractivity contribution in [2.45, 2.75) is 58.8 Å². The standard InChI is InChI=1S/C22H32F3N3O3/c1-6-18(26)19(29)27-15(14-21(2,3)4)8-7-13-28(20(30)22(23,24)25)16-9-11-17(31-5)12-10-16/h7-12,15,18H,6,13-14,26H2,1-5H3,(H,27,29)/b8-7+/t15-,18+/m1/s1. The number of benzene rings is 1. The second-order valence-electron chi connectivity index (χ2n) is 8.43. The molecule has 0 radical (unpaired) electrons. The number of nitrogens with two attached hydrogens (primary N) is 1. The molecule has 1 rings (SSSR count). The molecule has 31 heavy (non-hydrogen) atoms. The summed E-state index contributed by atoms with van der Waals surface area (Å²) < 4.78 is 44.4. The molecule has 6 nitrogen and oxygen atoms in total. The van der Waals surface area contributed by atoms with E-state index in [9.17, 15) is 22.8 Å². The number of methoxy groups -OCH3 is 1. The van der Waals surface area contributed by atoms with Gasteiger partial charge in [-0.25, -0.2) is 0 Å². The first kappa shape index (κ1) is 26.5. The van der Waals surface area contributed by atoms with Gasteiger partial charge in [-0.15, -0.1) is 0 Å². The first-order valence-electron chi connectivity index (χ1n) is 10.0. The van der Waals surface area contributed by atoms with E-state index in [1.807, 2.05) is 20.8 Å². The van der Waals surface area contributed by atoms with E-state index >= 15 is 0 Å². The number of nitrogens with one attached hydrogen (secondary N) is 1. The largest absolute Gasteiger partial charge is 0.497 e. The van der Waals surface area contributed by atoms with Crippen LogP contribution in [-0.2, 0) is 9.59 Å². The Morgan fingerprint density at radius 1 is 1.19 bits per heavy atom. The molecule has 1 aromatic carbocycles. The summed E-state index contributed by atoms with van der Waals surface area (Å²) in [6, 6.07) is 4.60. The maximum atomic E-state index is 13.1. The van der Waals surface area contributed by atoms with E-state index in [2.05, 4.69) is 5.32 Å². The van der Waals surface area contributed by atoms with Crippen LogP contribution in [0.4, 0.5) is 18.9 Å². The van der Waals surface area contributed by atoms with Crippen LogP contribution in [0.1, 0.15) is 40.5 Å². The number of alkyl halides is 3. The predicted molar refractivity (Wildman–Crippen MR) is 115 cm³/mol. The third-order valence-corrected chi connectivity index (χ3v) is 4.46. The Morgan fingerprint density at radius 3 is 2.23 bits per heavy atom. The molecular formula is C22H32F3N3O3. The van der Waals surface area contributed by atoms with E-state index in [4.69, 9.17) is 10.5 Å². The smallest absolute Gasteiger partial charge is 0.471 e. The SMILES string of the molecule is CC[C@H](N)C(=O)N[C@H](/C=C/CN(C(=O)C(F)(F)F)c1ccc(OC)cc1)CC(C)(C)C. The van der Waals surface area contributed by atoms with E-state index in [1.54, 1.807) is 13.0 Å². The zero-order chi connectivity index (χ0) is 23.8. The molecule has 3 N–H and O–H groups in total. The molecule has 0 aliphatic carbocycles. The lowest BCUT2D eigenvalue weighted by atomic mass is 9.87. The molecule has 0 fully saturated rings. The molecule has 0 saturated heterocycles. The van der Waals surface area contributed by atoms with Crippen LogP contribution < -0.4 is 20.7 Å². The van der Waals surface area contributed by atoms with Gasteiger partial charge >= 0.3 is 12.1 Å². The minimum atomic E-state index is -5.03. The monoisotopic (exact) mass is 443 g/mol. The van der Waals surface area contributed by atoms with Gasteiger partial charge in [-0.3, -0.25) is 9.59 Å². The number of rotatable bonds is 9. The van der Waals surface area contributed by atoms with E-state index in [0.717, 1.165) is 0 Å². The normalized spacial score (nSPS) is 14.2. The summed E-state index contributed by atoms with van der Waals surface area (Å²) in [4.78, 5) is 24.8. The molecule has 2 amide bonds. The van der Waals surface area contributed by atoms with Crippen LogP contribution in [0.2, 0.25) is 0 Å². The van der Waals surface area contributed by atoms with Crippen molar-refractivity contribution in [2.24, 2.45) is 11.1 Å². The highest BCUT2D eigenvalue weighted by atomic mass is 19.4. The fourth-order valence-electron chi connectivity index (χ4n) is 2.85. The van der Waals surface area contributed by atoms with Crippen LogP contribution in [0.5, 0.6) is 5.75 Å². The van der Waals surface area contributed by atoms with Crippen molar-refractivity contribution in [3.8, 4) is 5.75 Å². The summed E-state index contributed by atoms with van der Waals surface area (Å²) in [6.07, 6.45) is -0.973. The second kappa shape index (κ2) is 11.2. The zero-order valence-electron chi connectivity index (χ0n) is 18.6. The summed E-state index contributed by atoms with van der Waals surface area (Å²) >= 11 is 0. The van der Waals surface area contributed by atoms with Gasteiger partial charge in [0.2, 0.25) is 5.91 Å². The van der Waals surface area contributed by atoms with Crippen molar-refractivity contribution in [3.63, 3.8) is 0 Å². The molecule has 2 atom stereocenters. The van der Waals surface area contributed by atoms with Crippen molar-refractivity contribution in [2.75, 3.05) is 18.6 Å². The lowest BCUT2D eigenvalue weighted by molar-refractivity contribution is -0.170. The molecule has 0 heterocycles. The third-order valence-electron chi connectivity index (χ3n) is 4.46. The van der Waals surface area contributed by atoms with Crippen LogP contribution in [0.25, 0.3) is 0 Å². The van der Waals surface area contributed by atoms with Crippen molar-refractivity contribution in [1.82, 2.24) is 5.32 Å². The summed E-state index contributed by atoms with van der Waals surface area (Å²) in [5.74, 6) is -1.86. The zero-order valence-corrected chi connectivity index (χ0v) is 18.6. The van der Waals surface area contributed by atoms with Gasteiger partial charge in [0.1, 0.15) is 5.75 Å². The Kier molecular flexibility index (Phi) is 9.55. The average molecular weight is 444 g/mol. The lowest BCUT2D eigenvalue weighted by Gasteiger charge is -2.26. The minimum Gasteiger partial charge on any atom is -0.497 e. The quantitative estimate of drug-likeness (QED) is 0.569. The molecule has 1 aromatic rings. The van der Waals surface area contributed by atoms with Crippen LogP contribution in [-0.4, -0.2) is 43.7 Å². The van der Waals surface area contributed by atoms with Gasteiger partial charge < -0.3 is 20.7 Å². The number of carbonyl (C=O) groups is 2. The van der Waals surface area contributed by atoms with Crippen LogP contribution in [0, 0.1) is 5.41 Å². The van der Waals surface area contributed by atoms with Gasteiger partial charge in [-0.2, -0.15) is 13.2 Å². The molecule has 9 heteroatoms. The minimum absolute atomic E-state index is 0.0807. The van der Waals surface area contributed by atoms with Gasteiger partial charge in [-0.05, 0) is 42.5 Å². The number of halogens is 3. The van der Waals surface area contributed by atoms with E-state index in [-0.39, 0.29) is 23.6 Å². The van der Waals surface area contributed by atoms with Crippen molar-refractivity contribution in [1.29, 1.82) is 0 Å². The van der Waals surface area contributed by atoms with Crippen molar-refractivity contribution < 1.29 is 27.5 Å². The first-order valence-corrected chi connectivity index (χ1v) is 10.0. The van der Waals surface area contributed by atoms with Crippen molar-refractivity contribution in [3.05, 3.63) is 36.4 Å². The fourth-order valence-corrected chi connectivity index (χ4v) is 2.85. The summed E-state index contributed by atoms with van der Waals surface area (Å²) in [5.41, 5.74) is 5.69. The van der Waals surface area contributed by atoms with E-state index in [1.165, 1.54) is 37.5 Å². The number of hydrogen-bond acceptors (Lipinski definition) is 4. The van der Waals surface area contributed by atoms with Crippen molar-refractivity contribution >= 4 is 17.5 Å². The van der Waals surface area contributed by atoms with Gasteiger partial charge in [0.15, 0.2) is 0 Å². The maximum Gasteiger partial charge on any atom is 0.471 e. The van der Waals surface area contributed by atoms with Crippen LogP contribution in [0.15, 0.2) is 36.4 Å². The maximum absolute atomic E-state index is 13.1. The average Bonchev–Trinajstić information content (AvgIpc) is 2.68. The highest BCUT2D eigenvalue weighted by Gasteiger charge is 2.42. The highest BCUT2D eigenvalue weighted by molar-refractivity contribution is 5.97. The molecule has 0 unspecified atom stereocenters. The lowest BCUT2D eigenvalue weighted by Crippen LogP contribution is -2.45. The van der Waals surface area contributed by atoms with Gasteiger partial charge in [0.25, 0.3) is 0 Å². The molecule has 0 aliphatic heterocycles. The second-order valence-corrected chi connectivity index (χ2v) is 8.43. The molecular weight excluding hydrogens is 411 g/mol. The number of hydrogen-bond donors (Lipinski definition) is 2. The van der Waals surface area contributed by atoms with Gasteiger partial charge in [-0.1, -0.05) is 39.8 Å². The van der Waals surface area contributed by atoms with Crippen LogP contribution in [0.3, 0.4) is 0 Å². The Balaban J connectivity index is 3.09. The summed E-state index contributed by atoms with van der Waals surface area (Å²) in [6.45, 7) is 7.42. The van der Waals surface area contributed by atoms with Gasteiger partial charge in [0, 0.05) is 18.3 Å². The van der Waals surface area contributed by atoms with E-state index < -0.39 is 24.2 Å². The Bertz CT molecular complexity index is 756. The van der Waals surface area contributed by atoms with Gasteiger partial charge in [0.05, 0.1) is 13.2 Å². The number of ether oxygens (including phenoxy) is 1. The first-order chi connectivity index (χ1) is 14.3. The molecule has 0 aliphatic rings. The molecule has 0 spiro atoms. The third kappa shape index (κ3) is 9.00. The number of nitrogens with zero attached hydrogens (tertiary/aromatic N) is 1. The number of anilines is 1.